The average molecular weight is 278 g/mol. The molecule has 0 amide bonds. The van der Waals surface area contributed by atoms with Crippen LogP contribution in [-0.2, 0) is 4.79 Å². The van der Waals surface area contributed by atoms with E-state index in [0.29, 0.717) is 0 Å². The highest BCUT2D eigenvalue weighted by atomic mass is 127. The number of hydrogen-bond acceptors (Lipinski definition) is 1. The van der Waals surface area contributed by atoms with Crippen LogP contribution in [0.25, 0.3) is 0 Å². The van der Waals surface area contributed by atoms with Gasteiger partial charge in [0.1, 0.15) is 0 Å². The summed E-state index contributed by atoms with van der Waals surface area (Å²) in [6, 6.07) is 0. The molecule has 0 saturated heterocycles. The lowest BCUT2D eigenvalue weighted by Gasteiger charge is -2.29. The number of carboxylic acids is 1. The lowest BCUT2D eigenvalue weighted by atomic mass is 9.86. The van der Waals surface area contributed by atoms with Gasteiger partial charge in [0.2, 0.25) is 0 Å². The Labute approximate surface area is 85.5 Å². The molecular weight excluding hydrogens is 267 g/mol. The van der Waals surface area contributed by atoms with Gasteiger partial charge in [0.15, 0.2) is 0 Å². The summed E-state index contributed by atoms with van der Waals surface area (Å²) in [6.07, 6.45) is 8.26. The van der Waals surface area contributed by atoms with E-state index in [-0.39, 0.29) is 9.34 Å². The summed E-state index contributed by atoms with van der Waals surface area (Å²) in [4.78, 5) is 10.8. The van der Waals surface area contributed by atoms with Crippen LogP contribution in [0.4, 0.5) is 0 Å². The molecule has 0 aliphatic heterocycles. The molecule has 12 heavy (non-hydrogen) atoms. The third-order valence-electron chi connectivity index (χ3n) is 2.11. The maximum Gasteiger partial charge on any atom is 0.312 e. The highest BCUT2D eigenvalue weighted by Gasteiger charge is 2.36. The van der Waals surface area contributed by atoms with Crippen LogP contribution in [0.5, 0.6) is 0 Å². The molecule has 66 valence electrons. The van der Waals surface area contributed by atoms with Crippen LogP contribution in [0.2, 0.25) is 0 Å². The first-order valence-corrected chi connectivity index (χ1v) is 4.96. The maximum atomic E-state index is 10.8. The van der Waals surface area contributed by atoms with Crippen LogP contribution in [0, 0.1) is 5.92 Å². The second-order valence-corrected chi connectivity index (χ2v) is 4.85. The van der Waals surface area contributed by atoms with Crippen LogP contribution < -0.4 is 0 Å². The van der Waals surface area contributed by atoms with E-state index in [1.54, 1.807) is 12.2 Å². The van der Waals surface area contributed by atoms with Crippen molar-refractivity contribution in [3.63, 3.8) is 0 Å². The number of rotatable bonds is 2. The van der Waals surface area contributed by atoms with Crippen molar-refractivity contribution < 1.29 is 9.90 Å². The number of carbonyl (C=O) groups is 1. The molecule has 0 bridgehead atoms. The van der Waals surface area contributed by atoms with Gasteiger partial charge in [-0.2, -0.15) is 0 Å². The molecule has 0 aromatic heterocycles. The Bertz CT molecular complexity index is 245. The number of halogens is 1. The minimum atomic E-state index is -0.744. The zero-order valence-corrected chi connectivity index (χ0v) is 8.98. The van der Waals surface area contributed by atoms with E-state index in [1.807, 2.05) is 19.1 Å². The quantitative estimate of drug-likeness (QED) is 0.622. The van der Waals surface area contributed by atoms with E-state index >= 15 is 0 Å². The lowest BCUT2D eigenvalue weighted by Crippen LogP contribution is -2.34. The first-order chi connectivity index (χ1) is 5.60. The molecule has 1 aliphatic rings. The Hall–Kier alpha value is -0.320. The predicted octanol–water partition coefficient (Wildman–Crippen LogP) is 2.40. The minimum absolute atomic E-state index is 0.238. The Morgan fingerprint density at radius 1 is 1.67 bits per heavy atom. The summed E-state index contributed by atoms with van der Waals surface area (Å²) in [6.45, 7) is 2.01. The molecule has 0 spiro atoms. The van der Waals surface area contributed by atoms with Gasteiger partial charge in [0, 0.05) is 0 Å². The van der Waals surface area contributed by atoms with Crippen molar-refractivity contribution >= 4 is 28.6 Å². The number of alkyl halides is 1. The van der Waals surface area contributed by atoms with Gasteiger partial charge in [-0.25, -0.2) is 0 Å². The van der Waals surface area contributed by atoms with Crippen LogP contribution in [0.15, 0.2) is 24.3 Å². The van der Waals surface area contributed by atoms with E-state index in [1.165, 1.54) is 0 Å². The molecule has 0 aromatic rings. The molecule has 2 unspecified atom stereocenters. The summed E-state index contributed by atoms with van der Waals surface area (Å²) in [5, 5.41) is 8.92. The van der Waals surface area contributed by atoms with Crippen LogP contribution >= 0.6 is 22.6 Å². The molecule has 0 radical (unpaired) electrons. The van der Waals surface area contributed by atoms with Gasteiger partial charge >= 0.3 is 5.97 Å². The lowest BCUT2D eigenvalue weighted by molar-refractivity contribution is -0.140. The van der Waals surface area contributed by atoms with Crippen molar-refractivity contribution in [2.45, 2.75) is 16.8 Å². The zero-order valence-electron chi connectivity index (χ0n) is 6.83. The normalized spacial score (nSPS) is 33.7. The van der Waals surface area contributed by atoms with Gasteiger partial charge in [-0.15, -0.1) is 0 Å². The molecular formula is C9H11IO2. The topological polar surface area (TPSA) is 37.3 Å². The fraction of sp³-hybridized carbons (Fsp3) is 0.444. The smallest absolute Gasteiger partial charge is 0.312 e. The van der Waals surface area contributed by atoms with E-state index in [2.05, 4.69) is 22.6 Å². The molecule has 1 N–H and O–H groups in total. The summed E-state index contributed by atoms with van der Waals surface area (Å²) in [5.41, 5.74) is 0. The van der Waals surface area contributed by atoms with Gasteiger partial charge in [-0.3, -0.25) is 4.79 Å². The second kappa shape index (κ2) is 3.60. The molecule has 1 rings (SSSR count). The van der Waals surface area contributed by atoms with Crippen molar-refractivity contribution in [2.75, 3.05) is 0 Å². The summed E-state index contributed by atoms with van der Waals surface area (Å²) < 4.78 is -0.238. The largest absolute Gasteiger partial charge is 0.481 e. The maximum absolute atomic E-state index is 10.8. The fourth-order valence-electron chi connectivity index (χ4n) is 1.28. The van der Waals surface area contributed by atoms with Gasteiger partial charge in [-0.05, 0) is 6.42 Å². The average Bonchev–Trinajstić information content (AvgIpc) is 2.05. The molecule has 2 atom stereocenters. The predicted molar refractivity (Wildman–Crippen MR) is 56.4 cm³/mol. The fourth-order valence-corrected chi connectivity index (χ4v) is 1.96. The Kier molecular flexibility index (Phi) is 2.93. The summed E-state index contributed by atoms with van der Waals surface area (Å²) in [7, 11) is 0. The third kappa shape index (κ3) is 1.71. The van der Waals surface area contributed by atoms with E-state index < -0.39 is 5.97 Å². The number of allylic oxidation sites excluding steroid dienone is 3. The van der Waals surface area contributed by atoms with E-state index in [0.717, 1.165) is 6.42 Å². The second-order valence-electron chi connectivity index (χ2n) is 2.84. The number of hydrogen-bond donors (Lipinski definition) is 1. The zero-order chi connectivity index (χ0) is 9.19. The van der Waals surface area contributed by atoms with E-state index in [9.17, 15) is 4.79 Å². The van der Waals surface area contributed by atoms with Gasteiger partial charge in [0.25, 0.3) is 0 Å². The standard InChI is InChI=1S/C9H11IO2/c1-2-9(10)6-4-3-5-7(9)8(11)12/h3-7H,2H2,1H3,(H,11,12). The van der Waals surface area contributed by atoms with Crippen LogP contribution in [0.3, 0.4) is 0 Å². The van der Waals surface area contributed by atoms with E-state index in [4.69, 9.17) is 5.11 Å². The highest BCUT2D eigenvalue weighted by molar-refractivity contribution is 14.1. The molecule has 0 heterocycles. The van der Waals surface area contributed by atoms with Gasteiger partial charge in [-0.1, -0.05) is 53.8 Å². The number of carboxylic acid groups (broad SMARTS) is 1. The van der Waals surface area contributed by atoms with Crippen LogP contribution in [0.1, 0.15) is 13.3 Å². The summed E-state index contributed by atoms with van der Waals surface area (Å²) >= 11 is 2.21. The van der Waals surface area contributed by atoms with Crippen molar-refractivity contribution in [1.29, 1.82) is 0 Å². The first kappa shape index (κ1) is 9.77. The third-order valence-corrected chi connectivity index (χ3v) is 3.91. The Morgan fingerprint density at radius 3 is 2.75 bits per heavy atom. The molecule has 3 heteroatoms. The summed E-state index contributed by atoms with van der Waals surface area (Å²) in [5.74, 6) is -1.13. The minimum Gasteiger partial charge on any atom is -0.481 e. The van der Waals surface area contributed by atoms with Crippen LogP contribution in [-0.4, -0.2) is 14.5 Å². The molecule has 0 fully saturated rings. The SMILES string of the molecule is CCC1(I)C=CC=CC1C(=O)O. The Balaban J connectivity index is 2.92. The molecule has 1 aliphatic carbocycles. The van der Waals surface area contributed by atoms with Crippen molar-refractivity contribution in [3.05, 3.63) is 24.3 Å². The number of aliphatic carboxylic acids is 1. The van der Waals surface area contributed by atoms with Gasteiger partial charge in [0.05, 0.1) is 9.34 Å². The Morgan fingerprint density at radius 2 is 2.33 bits per heavy atom. The monoisotopic (exact) mass is 278 g/mol. The van der Waals surface area contributed by atoms with Gasteiger partial charge < -0.3 is 5.11 Å². The highest BCUT2D eigenvalue weighted by Crippen LogP contribution is 2.36. The van der Waals surface area contributed by atoms with Crippen molar-refractivity contribution in [2.24, 2.45) is 5.92 Å². The molecule has 0 aromatic carbocycles. The first-order valence-electron chi connectivity index (χ1n) is 3.88. The molecule has 0 saturated carbocycles. The molecule has 2 nitrogen and oxygen atoms in total. The van der Waals surface area contributed by atoms with Crippen molar-refractivity contribution in [1.82, 2.24) is 0 Å². The van der Waals surface area contributed by atoms with Crippen molar-refractivity contribution in [3.8, 4) is 0 Å².